The van der Waals surface area contributed by atoms with Crippen molar-refractivity contribution in [3.8, 4) is 0 Å². The highest BCUT2D eigenvalue weighted by Gasteiger charge is 2.50. The van der Waals surface area contributed by atoms with E-state index in [1.54, 1.807) is 0 Å². The maximum Gasteiger partial charge on any atom is 0.471 e. The molecule has 0 aromatic carbocycles. The Morgan fingerprint density at radius 2 is 1.81 bits per heavy atom. The molecule has 1 spiro atoms. The lowest BCUT2D eigenvalue weighted by atomic mass is 9.84. The fraction of sp³-hybridized carbons (Fsp3) is 0.727. The summed E-state index contributed by atoms with van der Waals surface area (Å²) in [5, 5.41) is 0. The van der Waals surface area contributed by atoms with Crippen LogP contribution in [0.15, 0.2) is 12.2 Å². The van der Waals surface area contributed by atoms with Crippen LogP contribution in [-0.4, -0.2) is 29.1 Å². The predicted octanol–water partition coefficient (Wildman–Crippen LogP) is 2.65. The van der Waals surface area contributed by atoms with E-state index in [0.29, 0.717) is 25.7 Å². The Kier molecular flexibility index (Phi) is 2.72. The zero-order valence-corrected chi connectivity index (χ0v) is 8.89. The first-order valence-corrected chi connectivity index (χ1v) is 5.50. The molecule has 1 saturated heterocycles. The fourth-order valence-corrected chi connectivity index (χ4v) is 2.68. The van der Waals surface area contributed by atoms with Gasteiger partial charge in [0.2, 0.25) is 0 Å². The van der Waals surface area contributed by atoms with Crippen molar-refractivity contribution in [3.05, 3.63) is 12.2 Å². The summed E-state index contributed by atoms with van der Waals surface area (Å²) >= 11 is 0. The Morgan fingerprint density at radius 1 is 1.19 bits per heavy atom. The van der Waals surface area contributed by atoms with Crippen molar-refractivity contribution in [1.29, 1.82) is 0 Å². The molecule has 0 bridgehead atoms. The zero-order valence-electron chi connectivity index (χ0n) is 8.89. The Labute approximate surface area is 92.1 Å². The molecular weight excluding hydrogens is 219 g/mol. The van der Waals surface area contributed by atoms with Crippen LogP contribution in [-0.2, 0) is 4.79 Å². The predicted molar refractivity (Wildman–Crippen MR) is 52.7 cm³/mol. The number of alkyl halides is 3. The number of carbonyl (C=O) groups is 1. The zero-order chi connectivity index (χ0) is 11.8. The molecule has 90 valence electrons. The van der Waals surface area contributed by atoms with Crippen LogP contribution in [0.1, 0.15) is 32.1 Å². The van der Waals surface area contributed by atoms with Gasteiger partial charge >= 0.3 is 12.1 Å². The summed E-state index contributed by atoms with van der Waals surface area (Å²) in [6.07, 6.45) is 2.40. The van der Waals surface area contributed by atoms with E-state index < -0.39 is 17.6 Å². The lowest BCUT2D eigenvalue weighted by molar-refractivity contribution is -0.193. The number of hydrogen-bond donors (Lipinski definition) is 0. The molecule has 0 radical (unpaired) electrons. The van der Waals surface area contributed by atoms with Gasteiger partial charge in [0, 0.05) is 6.54 Å². The lowest BCUT2D eigenvalue weighted by Crippen LogP contribution is -2.56. The largest absolute Gasteiger partial charge is 0.471 e. The van der Waals surface area contributed by atoms with Crippen molar-refractivity contribution in [2.24, 2.45) is 0 Å². The number of piperidine rings is 1. The van der Waals surface area contributed by atoms with Gasteiger partial charge in [0.1, 0.15) is 0 Å². The fourth-order valence-electron chi connectivity index (χ4n) is 2.68. The maximum atomic E-state index is 12.5. The smallest absolute Gasteiger partial charge is 0.329 e. The van der Waals surface area contributed by atoms with Crippen LogP contribution in [0, 0.1) is 0 Å². The Hall–Kier alpha value is -1.00. The number of nitrogens with zero attached hydrogens (tertiary/aromatic N) is 1. The summed E-state index contributed by atoms with van der Waals surface area (Å²) in [7, 11) is 0. The van der Waals surface area contributed by atoms with Crippen LogP contribution >= 0.6 is 0 Å². The average Bonchev–Trinajstić information content (AvgIpc) is 2.65. The summed E-state index contributed by atoms with van der Waals surface area (Å²) < 4.78 is 37.4. The first kappa shape index (κ1) is 11.5. The minimum Gasteiger partial charge on any atom is -0.329 e. The second-order valence-corrected chi connectivity index (χ2v) is 4.52. The van der Waals surface area contributed by atoms with Gasteiger partial charge in [-0.15, -0.1) is 0 Å². The highest BCUT2D eigenvalue weighted by Crippen LogP contribution is 2.40. The van der Waals surface area contributed by atoms with E-state index in [1.807, 2.05) is 12.2 Å². The number of amides is 1. The lowest BCUT2D eigenvalue weighted by Gasteiger charge is -2.45. The molecule has 2 nitrogen and oxygen atoms in total. The molecule has 0 aromatic heterocycles. The third-order valence-corrected chi connectivity index (χ3v) is 3.50. The highest BCUT2D eigenvalue weighted by molar-refractivity contribution is 5.82. The Bertz CT molecular complexity index is 314. The summed E-state index contributed by atoms with van der Waals surface area (Å²) in [6.45, 7) is 0.236. The van der Waals surface area contributed by atoms with Crippen LogP contribution in [0.5, 0.6) is 0 Å². The van der Waals surface area contributed by atoms with Crippen LogP contribution in [0.4, 0.5) is 13.2 Å². The molecule has 2 aliphatic rings. The molecule has 0 saturated carbocycles. The first-order valence-electron chi connectivity index (χ1n) is 5.50. The molecule has 0 N–H and O–H groups in total. The summed E-state index contributed by atoms with van der Waals surface area (Å²) in [5.74, 6) is -1.67. The Morgan fingerprint density at radius 3 is 2.38 bits per heavy atom. The summed E-state index contributed by atoms with van der Waals surface area (Å²) in [4.78, 5) is 12.4. The molecule has 1 aliphatic heterocycles. The summed E-state index contributed by atoms with van der Waals surface area (Å²) in [5.41, 5.74) is -0.579. The molecule has 1 aliphatic carbocycles. The quantitative estimate of drug-likeness (QED) is 0.589. The molecular formula is C11H14F3NO. The first-order chi connectivity index (χ1) is 7.46. The van der Waals surface area contributed by atoms with E-state index >= 15 is 0 Å². The van der Waals surface area contributed by atoms with E-state index in [2.05, 4.69) is 0 Å². The van der Waals surface area contributed by atoms with Crippen LogP contribution in [0.2, 0.25) is 0 Å². The van der Waals surface area contributed by atoms with Gasteiger partial charge in [-0.2, -0.15) is 13.2 Å². The van der Waals surface area contributed by atoms with Gasteiger partial charge in [0.25, 0.3) is 0 Å². The minimum atomic E-state index is -4.74. The van der Waals surface area contributed by atoms with Gasteiger partial charge in [-0.05, 0) is 32.1 Å². The van der Waals surface area contributed by atoms with E-state index in [4.69, 9.17) is 0 Å². The van der Waals surface area contributed by atoms with E-state index in [-0.39, 0.29) is 6.54 Å². The monoisotopic (exact) mass is 233 g/mol. The molecule has 5 heteroatoms. The van der Waals surface area contributed by atoms with Crippen molar-refractivity contribution < 1.29 is 18.0 Å². The van der Waals surface area contributed by atoms with Crippen LogP contribution in [0.25, 0.3) is 0 Å². The standard InChI is InChI=1S/C11H14F3NO/c12-11(13,14)9(16)15-8-4-3-7-10(15)5-1-2-6-10/h1-2H,3-8H2. The van der Waals surface area contributed by atoms with Crippen molar-refractivity contribution in [2.75, 3.05) is 6.54 Å². The molecule has 0 atom stereocenters. The van der Waals surface area contributed by atoms with Gasteiger partial charge in [-0.25, -0.2) is 0 Å². The van der Waals surface area contributed by atoms with Gasteiger partial charge in [0.15, 0.2) is 0 Å². The van der Waals surface area contributed by atoms with Crippen LogP contribution < -0.4 is 0 Å². The second-order valence-electron chi connectivity index (χ2n) is 4.52. The van der Waals surface area contributed by atoms with Gasteiger partial charge in [-0.1, -0.05) is 12.2 Å². The van der Waals surface area contributed by atoms with Gasteiger partial charge in [0.05, 0.1) is 5.54 Å². The normalized spacial score (nSPS) is 24.1. The summed E-state index contributed by atoms with van der Waals surface area (Å²) in [6, 6.07) is 0. The van der Waals surface area contributed by atoms with E-state index in [9.17, 15) is 18.0 Å². The molecule has 1 heterocycles. The topological polar surface area (TPSA) is 20.3 Å². The third kappa shape index (κ3) is 1.83. The van der Waals surface area contributed by atoms with Gasteiger partial charge in [-0.3, -0.25) is 4.79 Å². The minimum absolute atomic E-state index is 0.236. The van der Waals surface area contributed by atoms with E-state index in [1.165, 1.54) is 0 Å². The molecule has 0 unspecified atom stereocenters. The number of likely N-dealkylation sites (tertiary alicyclic amines) is 1. The van der Waals surface area contributed by atoms with Crippen molar-refractivity contribution >= 4 is 5.91 Å². The molecule has 16 heavy (non-hydrogen) atoms. The molecule has 0 aromatic rings. The highest BCUT2D eigenvalue weighted by atomic mass is 19.4. The van der Waals surface area contributed by atoms with Crippen molar-refractivity contribution in [1.82, 2.24) is 4.90 Å². The molecule has 2 rings (SSSR count). The van der Waals surface area contributed by atoms with Crippen molar-refractivity contribution in [2.45, 2.75) is 43.8 Å². The SMILES string of the molecule is O=C(N1CCCCC12CC=CC2)C(F)(F)F. The van der Waals surface area contributed by atoms with Gasteiger partial charge < -0.3 is 4.90 Å². The third-order valence-electron chi connectivity index (χ3n) is 3.50. The number of halogens is 3. The Balaban J connectivity index is 2.20. The molecule has 1 amide bonds. The van der Waals surface area contributed by atoms with Crippen LogP contribution in [0.3, 0.4) is 0 Å². The maximum absolute atomic E-state index is 12.5. The average molecular weight is 233 g/mol. The number of hydrogen-bond acceptors (Lipinski definition) is 1. The molecule has 1 fully saturated rings. The van der Waals surface area contributed by atoms with E-state index in [0.717, 1.165) is 11.3 Å². The van der Waals surface area contributed by atoms with Crippen molar-refractivity contribution in [3.63, 3.8) is 0 Å². The second kappa shape index (κ2) is 3.79. The number of rotatable bonds is 0. The number of carbonyl (C=O) groups excluding carboxylic acids is 1.